The summed E-state index contributed by atoms with van der Waals surface area (Å²) < 4.78 is 5.30. The van der Waals surface area contributed by atoms with Gasteiger partial charge in [0.2, 0.25) is 5.91 Å². The van der Waals surface area contributed by atoms with Crippen LogP contribution in [0.3, 0.4) is 0 Å². The lowest BCUT2D eigenvalue weighted by Gasteiger charge is -2.28. The Morgan fingerprint density at radius 3 is 2.60 bits per heavy atom. The Labute approximate surface area is 121 Å². The van der Waals surface area contributed by atoms with Gasteiger partial charge in [0.1, 0.15) is 0 Å². The predicted octanol–water partition coefficient (Wildman–Crippen LogP) is 1.89. The molecule has 1 aromatic rings. The van der Waals surface area contributed by atoms with Crippen LogP contribution in [0.25, 0.3) is 0 Å². The third kappa shape index (κ3) is 3.19. The Morgan fingerprint density at radius 2 is 2.05 bits per heavy atom. The summed E-state index contributed by atoms with van der Waals surface area (Å²) in [5.74, 6) is 0.137. The maximum Gasteiger partial charge on any atom is 0.240 e. The van der Waals surface area contributed by atoms with E-state index in [1.165, 1.54) is 5.56 Å². The lowest BCUT2D eigenvalue weighted by Crippen LogP contribution is -2.42. The molecule has 1 N–H and O–H groups in total. The number of benzene rings is 1. The number of rotatable bonds is 4. The van der Waals surface area contributed by atoms with Crippen LogP contribution in [0, 0.1) is 6.92 Å². The first-order chi connectivity index (χ1) is 9.52. The van der Waals surface area contributed by atoms with Crippen LogP contribution in [0.5, 0.6) is 0 Å². The molecule has 1 fully saturated rings. The first-order valence-electron chi connectivity index (χ1n) is 7.12. The normalized spacial score (nSPS) is 23.6. The van der Waals surface area contributed by atoms with Gasteiger partial charge in [0, 0.05) is 20.7 Å². The van der Waals surface area contributed by atoms with Crippen LogP contribution in [0.15, 0.2) is 24.3 Å². The van der Waals surface area contributed by atoms with E-state index < -0.39 is 0 Å². The molecule has 4 heteroatoms. The van der Waals surface area contributed by atoms with Crippen molar-refractivity contribution in [1.29, 1.82) is 0 Å². The smallest absolute Gasteiger partial charge is 0.240 e. The van der Waals surface area contributed by atoms with Gasteiger partial charge in [-0.3, -0.25) is 4.79 Å². The minimum atomic E-state index is -0.127. The van der Waals surface area contributed by atoms with Gasteiger partial charge in [-0.1, -0.05) is 29.8 Å². The first-order valence-corrected chi connectivity index (χ1v) is 7.12. The van der Waals surface area contributed by atoms with E-state index in [2.05, 4.69) is 43.4 Å². The first kappa shape index (κ1) is 15.0. The summed E-state index contributed by atoms with van der Waals surface area (Å²) in [7, 11) is 3.56. The molecule has 0 aliphatic carbocycles. The highest BCUT2D eigenvalue weighted by Crippen LogP contribution is 2.21. The van der Waals surface area contributed by atoms with E-state index in [4.69, 9.17) is 4.74 Å². The van der Waals surface area contributed by atoms with Gasteiger partial charge in [0.15, 0.2) is 0 Å². The van der Waals surface area contributed by atoms with E-state index in [0.717, 1.165) is 18.5 Å². The van der Waals surface area contributed by atoms with Crippen molar-refractivity contribution in [3.05, 3.63) is 35.4 Å². The van der Waals surface area contributed by atoms with Gasteiger partial charge in [-0.2, -0.15) is 0 Å². The fourth-order valence-corrected chi connectivity index (χ4v) is 2.58. The predicted molar refractivity (Wildman–Crippen MR) is 79.6 cm³/mol. The number of nitrogens with zero attached hydrogens (tertiary/aromatic N) is 1. The fourth-order valence-electron chi connectivity index (χ4n) is 2.58. The molecule has 110 valence electrons. The molecule has 1 aliphatic heterocycles. The lowest BCUT2D eigenvalue weighted by molar-refractivity contribution is -0.133. The van der Waals surface area contributed by atoms with Crippen LogP contribution in [0.2, 0.25) is 0 Å². The van der Waals surface area contributed by atoms with Crippen molar-refractivity contribution in [2.45, 2.75) is 38.5 Å². The molecule has 3 atom stereocenters. The molecule has 0 saturated carbocycles. The highest BCUT2D eigenvalue weighted by Gasteiger charge is 2.32. The Bertz CT molecular complexity index is 458. The van der Waals surface area contributed by atoms with E-state index in [-0.39, 0.29) is 24.1 Å². The van der Waals surface area contributed by atoms with Crippen LogP contribution in [0.4, 0.5) is 0 Å². The molecular formula is C16H24N2O2. The number of carbonyl (C=O) groups excluding carboxylic acids is 1. The zero-order valence-corrected chi connectivity index (χ0v) is 12.7. The van der Waals surface area contributed by atoms with Crippen LogP contribution < -0.4 is 5.32 Å². The van der Waals surface area contributed by atoms with Crippen molar-refractivity contribution in [2.75, 3.05) is 20.7 Å². The molecule has 3 unspecified atom stereocenters. The molecule has 1 aromatic carbocycles. The molecule has 0 spiro atoms. The van der Waals surface area contributed by atoms with E-state index >= 15 is 0 Å². The second kappa shape index (κ2) is 6.37. The van der Waals surface area contributed by atoms with Gasteiger partial charge >= 0.3 is 0 Å². The average Bonchev–Trinajstić information content (AvgIpc) is 2.94. The van der Waals surface area contributed by atoms with Crippen LogP contribution in [-0.2, 0) is 9.53 Å². The molecule has 0 radical (unpaired) electrons. The molecule has 20 heavy (non-hydrogen) atoms. The number of ether oxygens (including phenoxy) is 1. The van der Waals surface area contributed by atoms with Gasteiger partial charge in [-0.15, -0.1) is 0 Å². The quantitative estimate of drug-likeness (QED) is 0.913. The number of hydrogen-bond acceptors (Lipinski definition) is 3. The summed E-state index contributed by atoms with van der Waals surface area (Å²) in [6.45, 7) is 4.88. The maximum absolute atomic E-state index is 12.5. The van der Waals surface area contributed by atoms with Crippen LogP contribution >= 0.6 is 0 Å². The second-order valence-corrected chi connectivity index (χ2v) is 5.59. The number of aryl methyl sites for hydroxylation is 1. The number of nitrogens with one attached hydrogen (secondary N) is 1. The molecule has 4 nitrogen and oxygen atoms in total. The summed E-state index contributed by atoms with van der Waals surface area (Å²) in [5.41, 5.74) is 2.39. The topological polar surface area (TPSA) is 41.6 Å². The van der Waals surface area contributed by atoms with E-state index in [1.807, 2.05) is 11.9 Å². The number of likely N-dealkylation sites (N-methyl/N-ethyl adjacent to an activating group) is 1. The Hall–Kier alpha value is -1.39. The summed E-state index contributed by atoms with van der Waals surface area (Å²) in [5, 5.41) is 3.24. The summed E-state index contributed by atoms with van der Waals surface area (Å²) in [4.78, 5) is 14.3. The highest BCUT2D eigenvalue weighted by atomic mass is 16.5. The molecular weight excluding hydrogens is 252 g/mol. The summed E-state index contributed by atoms with van der Waals surface area (Å²) in [6.07, 6.45) is 0.896. The van der Waals surface area contributed by atoms with Crippen molar-refractivity contribution >= 4 is 5.91 Å². The minimum absolute atomic E-state index is 0.0755. The summed E-state index contributed by atoms with van der Waals surface area (Å²) in [6, 6.07) is 8.29. The van der Waals surface area contributed by atoms with E-state index in [0.29, 0.717) is 0 Å². The molecule has 0 aromatic heterocycles. The zero-order chi connectivity index (χ0) is 14.7. The Balaban J connectivity index is 2.01. The largest absolute Gasteiger partial charge is 0.380 e. The van der Waals surface area contributed by atoms with Crippen LogP contribution in [0.1, 0.15) is 30.5 Å². The maximum atomic E-state index is 12.5. The standard InChI is InChI=1S/C16H24N2O2/c1-11-5-7-13(8-6-11)12(2)18(3)16(19)15-9-14(20-4)10-17-15/h5-8,12,14-15,17H,9-10H2,1-4H3. The highest BCUT2D eigenvalue weighted by molar-refractivity contribution is 5.82. The van der Waals surface area contributed by atoms with Gasteiger partial charge < -0.3 is 15.0 Å². The molecule has 1 saturated heterocycles. The van der Waals surface area contributed by atoms with Crippen molar-refractivity contribution in [3.8, 4) is 0 Å². The Morgan fingerprint density at radius 1 is 1.40 bits per heavy atom. The number of hydrogen-bond donors (Lipinski definition) is 1. The molecule has 1 aliphatic rings. The zero-order valence-electron chi connectivity index (χ0n) is 12.7. The van der Waals surface area contributed by atoms with Crippen molar-refractivity contribution in [3.63, 3.8) is 0 Å². The van der Waals surface area contributed by atoms with Gasteiger partial charge in [-0.25, -0.2) is 0 Å². The third-order valence-corrected chi connectivity index (χ3v) is 4.21. The van der Waals surface area contributed by atoms with Crippen molar-refractivity contribution in [2.24, 2.45) is 0 Å². The van der Waals surface area contributed by atoms with E-state index in [9.17, 15) is 4.79 Å². The number of carbonyl (C=O) groups is 1. The van der Waals surface area contributed by atoms with Crippen LogP contribution in [-0.4, -0.2) is 43.7 Å². The number of amides is 1. The van der Waals surface area contributed by atoms with Crippen molar-refractivity contribution in [1.82, 2.24) is 10.2 Å². The second-order valence-electron chi connectivity index (χ2n) is 5.59. The minimum Gasteiger partial charge on any atom is -0.380 e. The van der Waals surface area contributed by atoms with Gasteiger partial charge in [-0.05, 0) is 25.8 Å². The molecule has 1 amide bonds. The van der Waals surface area contributed by atoms with E-state index in [1.54, 1.807) is 7.11 Å². The fraction of sp³-hybridized carbons (Fsp3) is 0.562. The molecule has 0 bridgehead atoms. The van der Waals surface area contributed by atoms with Gasteiger partial charge in [0.05, 0.1) is 18.2 Å². The Kier molecular flexibility index (Phi) is 4.78. The lowest BCUT2D eigenvalue weighted by atomic mass is 10.0. The molecule has 1 heterocycles. The molecule has 2 rings (SSSR count). The van der Waals surface area contributed by atoms with Crippen molar-refractivity contribution < 1.29 is 9.53 Å². The summed E-state index contributed by atoms with van der Waals surface area (Å²) >= 11 is 0. The SMILES string of the molecule is COC1CNC(C(=O)N(C)C(C)c2ccc(C)cc2)C1. The third-order valence-electron chi connectivity index (χ3n) is 4.21. The number of methoxy groups -OCH3 is 1. The van der Waals surface area contributed by atoms with Gasteiger partial charge in [0.25, 0.3) is 0 Å². The average molecular weight is 276 g/mol. The monoisotopic (exact) mass is 276 g/mol.